The largest absolute Gasteiger partial charge is 0.391 e. The second-order valence-corrected chi connectivity index (χ2v) is 5.63. The summed E-state index contributed by atoms with van der Waals surface area (Å²) in [5.74, 6) is 0.147. The molecule has 2 N–H and O–H groups in total. The molecular weight excluding hydrogens is 305 g/mol. The Hall–Kier alpha value is -0.580. The van der Waals surface area contributed by atoms with Crippen molar-refractivity contribution in [3.05, 3.63) is 33.3 Å². The molecule has 1 amide bonds. The van der Waals surface area contributed by atoms with Crippen molar-refractivity contribution in [1.29, 1.82) is 0 Å². The van der Waals surface area contributed by atoms with Crippen LogP contribution in [0.15, 0.2) is 22.7 Å². The van der Waals surface area contributed by atoms with Gasteiger partial charge in [-0.15, -0.1) is 0 Å². The van der Waals surface area contributed by atoms with Crippen LogP contribution in [0, 0.1) is 5.92 Å². The fourth-order valence-electron chi connectivity index (χ4n) is 1.63. The van der Waals surface area contributed by atoms with E-state index in [1.807, 2.05) is 0 Å². The first kappa shape index (κ1) is 12.9. The van der Waals surface area contributed by atoms with E-state index in [2.05, 4.69) is 21.2 Å². The summed E-state index contributed by atoms with van der Waals surface area (Å²) in [4.78, 5) is 11.8. The number of benzene rings is 1. The Morgan fingerprint density at radius 3 is 2.82 bits per heavy atom. The van der Waals surface area contributed by atoms with Crippen LogP contribution in [0.1, 0.15) is 23.2 Å². The molecule has 1 fully saturated rings. The third-order valence-corrected chi connectivity index (χ3v) is 3.44. The van der Waals surface area contributed by atoms with Crippen LogP contribution in [0.3, 0.4) is 0 Å². The van der Waals surface area contributed by atoms with E-state index in [9.17, 15) is 9.90 Å². The number of aliphatic hydroxyl groups excluding tert-OH is 1. The number of hydrogen-bond acceptors (Lipinski definition) is 2. The summed E-state index contributed by atoms with van der Waals surface area (Å²) in [6, 6.07) is 5.02. The van der Waals surface area contributed by atoms with Crippen molar-refractivity contribution in [2.75, 3.05) is 6.54 Å². The second kappa shape index (κ2) is 5.38. The van der Waals surface area contributed by atoms with Crippen molar-refractivity contribution >= 4 is 33.4 Å². The summed E-state index contributed by atoms with van der Waals surface area (Å²) in [6.07, 6.45) is 1.68. The van der Waals surface area contributed by atoms with Crippen LogP contribution in [-0.4, -0.2) is 23.7 Å². The molecule has 1 saturated carbocycles. The average Bonchev–Trinajstić information content (AvgIpc) is 3.07. The van der Waals surface area contributed by atoms with Crippen LogP contribution in [0.4, 0.5) is 0 Å². The minimum absolute atomic E-state index is 0.215. The molecule has 0 aromatic heterocycles. The minimum Gasteiger partial charge on any atom is -0.391 e. The van der Waals surface area contributed by atoms with Gasteiger partial charge in [-0.05, 0) is 37.0 Å². The fraction of sp³-hybridized carbons (Fsp3) is 0.417. The van der Waals surface area contributed by atoms with Crippen LogP contribution in [0.5, 0.6) is 0 Å². The average molecular weight is 319 g/mol. The van der Waals surface area contributed by atoms with Crippen molar-refractivity contribution in [2.24, 2.45) is 5.92 Å². The van der Waals surface area contributed by atoms with E-state index in [4.69, 9.17) is 11.6 Å². The van der Waals surface area contributed by atoms with Crippen LogP contribution in [0.2, 0.25) is 5.02 Å². The molecule has 0 radical (unpaired) electrons. The van der Waals surface area contributed by atoms with E-state index in [-0.39, 0.29) is 5.91 Å². The number of halogens is 2. The summed E-state index contributed by atoms with van der Waals surface area (Å²) in [5.41, 5.74) is 0.493. The smallest absolute Gasteiger partial charge is 0.251 e. The monoisotopic (exact) mass is 317 g/mol. The second-order valence-electron chi connectivity index (χ2n) is 4.27. The zero-order valence-electron chi connectivity index (χ0n) is 9.12. The van der Waals surface area contributed by atoms with Crippen molar-refractivity contribution in [3.63, 3.8) is 0 Å². The Kier molecular flexibility index (Phi) is 4.07. The number of carbonyl (C=O) groups excluding carboxylic acids is 1. The van der Waals surface area contributed by atoms with Gasteiger partial charge in [0.2, 0.25) is 0 Å². The number of hydrogen-bond donors (Lipinski definition) is 2. The molecule has 1 aromatic carbocycles. The Morgan fingerprint density at radius 2 is 2.24 bits per heavy atom. The molecule has 1 aromatic rings. The molecule has 1 unspecified atom stereocenters. The van der Waals surface area contributed by atoms with Gasteiger partial charge < -0.3 is 10.4 Å². The lowest BCUT2D eigenvalue weighted by Gasteiger charge is -2.11. The van der Waals surface area contributed by atoms with Crippen molar-refractivity contribution in [1.82, 2.24) is 5.32 Å². The standard InChI is InChI=1S/C12H13BrClNO2/c13-9-3-8(4-10(14)5-9)12(17)15-6-11(16)7-1-2-7/h3-5,7,11,16H,1-2,6H2,(H,15,17). The van der Waals surface area contributed by atoms with E-state index in [0.29, 0.717) is 23.0 Å². The highest BCUT2D eigenvalue weighted by Gasteiger charge is 2.29. The molecule has 3 nitrogen and oxygen atoms in total. The predicted octanol–water partition coefficient (Wildman–Crippen LogP) is 2.60. The summed E-state index contributed by atoms with van der Waals surface area (Å²) >= 11 is 9.14. The first-order valence-electron chi connectivity index (χ1n) is 5.48. The quantitative estimate of drug-likeness (QED) is 0.896. The molecule has 92 valence electrons. The van der Waals surface area contributed by atoms with Crippen LogP contribution >= 0.6 is 27.5 Å². The van der Waals surface area contributed by atoms with Gasteiger partial charge in [0.1, 0.15) is 0 Å². The fourth-order valence-corrected chi connectivity index (χ4v) is 2.49. The van der Waals surface area contributed by atoms with Gasteiger partial charge in [-0.2, -0.15) is 0 Å². The van der Waals surface area contributed by atoms with Gasteiger partial charge in [-0.25, -0.2) is 0 Å². The summed E-state index contributed by atoms with van der Waals surface area (Å²) in [5, 5.41) is 12.9. The number of nitrogens with one attached hydrogen (secondary N) is 1. The zero-order valence-corrected chi connectivity index (χ0v) is 11.5. The number of carbonyl (C=O) groups is 1. The molecule has 0 bridgehead atoms. The molecule has 0 saturated heterocycles. The molecule has 0 spiro atoms. The van der Waals surface area contributed by atoms with Gasteiger partial charge in [0, 0.05) is 21.6 Å². The van der Waals surface area contributed by atoms with Crippen LogP contribution in [0.25, 0.3) is 0 Å². The third kappa shape index (κ3) is 3.69. The first-order valence-corrected chi connectivity index (χ1v) is 6.65. The number of rotatable bonds is 4. The Balaban J connectivity index is 1.94. The summed E-state index contributed by atoms with van der Waals surface area (Å²) in [6.45, 7) is 0.299. The maximum Gasteiger partial charge on any atom is 0.251 e. The predicted molar refractivity (Wildman–Crippen MR) is 70.2 cm³/mol. The van der Waals surface area contributed by atoms with Crippen LogP contribution in [-0.2, 0) is 0 Å². The van der Waals surface area contributed by atoms with Crippen molar-refractivity contribution in [3.8, 4) is 0 Å². The zero-order chi connectivity index (χ0) is 12.4. The minimum atomic E-state index is -0.429. The summed E-state index contributed by atoms with van der Waals surface area (Å²) in [7, 11) is 0. The molecule has 5 heteroatoms. The Morgan fingerprint density at radius 1 is 1.53 bits per heavy atom. The highest BCUT2D eigenvalue weighted by molar-refractivity contribution is 9.10. The summed E-state index contributed by atoms with van der Waals surface area (Å²) < 4.78 is 0.762. The topological polar surface area (TPSA) is 49.3 Å². The number of amides is 1. The van der Waals surface area contributed by atoms with Gasteiger partial charge in [-0.1, -0.05) is 27.5 Å². The molecule has 17 heavy (non-hydrogen) atoms. The van der Waals surface area contributed by atoms with Crippen molar-refractivity contribution in [2.45, 2.75) is 18.9 Å². The highest BCUT2D eigenvalue weighted by Crippen LogP contribution is 2.32. The highest BCUT2D eigenvalue weighted by atomic mass is 79.9. The Bertz CT molecular complexity index is 414. The van der Waals surface area contributed by atoms with Crippen molar-refractivity contribution < 1.29 is 9.90 Å². The lowest BCUT2D eigenvalue weighted by atomic mass is 10.2. The molecule has 2 rings (SSSR count). The lowest BCUT2D eigenvalue weighted by molar-refractivity contribution is 0.0901. The first-order chi connectivity index (χ1) is 8.06. The molecule has 1 atom stereocenters. The van der Waals surface area contributed by atoms with Gasteiger partial charge in [-0.3, -0.25) is 4.79 Å². The molecule has 0 heterocycles. The SMILES string of the molecule is O=C(NCC(O)C1CC1)c1cc(Cl)cc(Br)c1. The van der Waals surface area contributed by atoms with E-state index in [1.54, 1.807) is 18.2 Å². The Labute approximate surface area is 113 Å². The maximum absolute atomic E-state index is 11.8. The molecule has 0 aliphatic heterocycles. The van der Waals surface area contributed by atoms with E-state index in [0.717, 1.165) is 17.3 Å². The number of aliphatic hydroxyl groups is 1. The maximum atomic E-state index is 11.8. The van der Waals surface area contributed by atoms with Gasteiger partial charge in [0.15, 0.2) is 0 Å². The molecule has 1 aliphatic rings. The van der Waals surface area contributed by atoms with Gasteiger partial charge in [0.25, 0.3) is 5.91 Å². The van der Waals surface area contributed by atoms with E-state index in [1.165, 1.54) is 0 Å². The van der Waals surface area contributed by atoms with Crippen LogP contribution < -0.4 is 5.32 Å². The van der Waals surface area contributed by atoms with Gasteiger partial charge in [0.05, 0.1) is 6.10 Å². The third-order valence-electron chi connectivity index (χ3n) is 2.76. The van der Waals surface area contributed by atoms with E-state index < -0.39 is 6.10 Å². The molecule has 1 aliphatic carbocycles. The molecular formula is C12H13BrClNO2. The lowest BCUT2D eigenvalue weighted by Crippen LogP contribution is -2.33. The van der Waals surface area contributed by atoms with Gasteiger partial charge >= 0.3 is 0 Å². The normalized spacial score (nSPS) is 16.6. The van der Waals surface area contributed by atoms with E-state index >= 15 is 0 Å².